The van der Waals surface area contributed by atoms with Crippen LogP contribution in [0.1, 0.15) is 18.9 Å². The Bertz CT molecular complexity index is 501. The van der Waals surface area contributed by atoms with Crippen molar-refractivity contribution in [3.63, 3.8) is 0 Å². The molecule has 0 spiro atoms. The number of benzene rings is 1. The first-order chi connectivity index (χ1) is 10.1. The van der Waals surface area contributed by atoms with Crippen molar-refractivity contribution >= 4 is 17.7 Å². The SMILES string of the molecule is CC(=O)OCCN1CCCN(c2ccc(CO)cc2)C1=O. The van der Waals surface area contributed by atoms with Crippen molar-refractivity contribution in [3.05, 3.63) is 29.8 Å². The molecule has 114 valence electrons. The van der Waals surface area contributed by atoms with E-state index in [1.807, 2.05) is 12.1 Å². The highest BCUT2D eigenvalue weighted by atomic mass is 16.5. The van der Waals surface area contributed by atoms with Crippen LogP contribution in [-0.4, -0.2) is 48.2 Å². The Kier molecular flexibility index (Phi) is 5.16. The molecule has 1 saturated heterocycles. The van der Waals surface area contributed by atoms with Gasteiger partial charge < -0.3 is 14.7 Å². The number of aliphatic hydroxyl groups is 1. The van der Waals surface area contributed by atoms with Gasteiger partial charge in [0.25, 0.3) is 0 Å². The van der Waals surface area contributed by atoms with Gasteiger partial charge in [0.1, 0.15) is 6.61 Å². The number of aliphatic hydroxyl groups excluding tert-OH is 1. The summed E-state index contributed by atoms with van der Waals surface area (Å²) in [5, 5.41) is 9.04. The quantitative estimate of drug-likeness (QED) is 0.832. The standard InChI is InChI=1S/C15H20N2O4/c1-12(19)21-10-9-16-7-2-8-17(15(16)20)14-5-3-13(11-18)4-6-14/h3-6,18H,2,7-11H2,1H3. The van der Waals surface area contributed by atoms with Crippen molar-refractivity contribution in [1.82, 2.24) is 4.90 Å². The Morgan fingerprint density at radius 3 is 2.62 bits per heavy atom. The molecule has 6 heteroatoms. The van der Waals surface area contributed by atoms with Crippen LogP contribution in [0, 0.1) is 0 Å². The van der Waals surface area contributed by atoms with Gasteiger partial charge in [-0.3, -0.25) is 9.69 Å². The molecule has 0 unspecified atom stereocenters. The number of carbonyl (C=O) groups excluding carboxylic acids is 2. The lowest BCUT2D eigenvalue weighted by atomic mass is 10.2. The molecule has 0 radical (unpaired) electrons. The average Bonchev–Trinajstić information content (AvgIpc) is 2.49. The van der Waals surface area contributed by atoms with Gasteiger partial charge in [-0.15, -0.1) is 0 Å². The molecule has 0 atom stereocenters. The number of ether oxygens (including phenoxy) is 1. The highest BCUT2D eigenvalue weighted by Crippen LogP contribution is 2.20. The molecule has 1 N–H and O–H groups in total. The number of carbonyl (C=O) groups is 2. The minimum Gasteiger partial charge on any atom is -0.464 e. The van der Waals surface area contributed by atoms with Gasteiger partial charge in [-0.05, 0) is 24.1 Å². The second-order valence-corrected chi connectivity index (χ2v) is 4.94. The molecular formula is C15H20N2O4. The first kappa shape index (κ1) is 15.3. The van der Waals surface area contributed by atoms with E-state index in [9.17, 15) is 9.59 Å². The van der Waals surface area contributed by atoms with Crippen LogP contribution in [0.5, 0.6) is 0 Å². The van der Waals surface area contributed by atoms with Gasteiger partial charge in [-0.1, -0.05) is 12.1 Å². The first-order valence-electron chi connectivity index (χ1n) is 7.01. The van der Waals surface area contributed by atoms with Gasteiger partial charge in [0.2, 0.25) is 0 Å². The second-order valence-electron chi connectivity index (χ2n) is 4.94. The maximum absolute atomic E-state index is 12.4. The molecule has 1 aliphatic heterocycles. The van der Waals surface area contributed by atoms with Crippen molar-refractivity contribution in [2.45, 2.75) is 20.0 Å². The lowest BCUT2D eigenvalue weighted by Crippen LogP contribution is -2.50. The molecule has 2 rings (SSSR count). The molecular weight excluding hydrogens is 272 g/mol. The number of nitrogens with zero attached hydrogens (tertiary/aromatic N) is 2. The van der Waals surface area contributed by atoms with E-state index < -0.39 is 0 Å². The van der Waals surface area contributed by atoms with Crippen molar-refractivity contribution in [3.8, 4) is 0 Å². The van der Waals surface area contributed by atoms with E-state index in [1.165, 1.54) is 6.92 Å². The number of urea groups is 1. The number of amides is 2. The molecule has 2 amide bonds. The maximum atomic E-state index is 12.4. The molecule has 0 bridgehead atoms. The van der Waals surface area contributed by atoms with Crippen LogP contribution in [0.4, 0.5) is 10.5 Å². The molecule has 1 aromatic carbocycles. The fraction of sp³-hybridized carbons (Fsp3) is 0.467. The van der Waals surface area contributed by atoms with Gasteiger partial charge in [0, 0.05) is 25.7 Å². The van der Waals surface area contributed by atoms with Crippen LogP contribution in [-0.2, 0) is 16.1 Å². The molecule has 0 aromatic heterocycles. The zero-order valence-corrected chi connectivity index (χ0v) is 12.1. The Morgan fingerprint density at radius 2 is 2.00 bits per heavy atom. The lowest BCUT2D eigenvalue weighted by molar-refractivity contribution is -0.141. The largest absolute Gasteiger partial charge is 0.464 e. The third-order valence-electron chi connectivity index (χ3n) is 3.41. The van der Waals surface area contributed by atoms with E-state index in [-0.39, 0.29) is 25.2 Å². The minimum atomic E-state index is -0.337. The molecule has 6 nitrogen and oxygen atoms in total. The number of anilines is 1. The Morgan fingerprint density at radius 1 is 1.29 bits per heavy atom. The zero-order chi connectivity index (χ0) is 15.2. The molecule has 1 fully saturated rings. The fourth-order valence-corrected chi connectivity index (χ4v) is 2.31. The van der Waals surface area contributed by atoms with Crippen LogP contribution < -0.4 is 4.90 Å². The summed E-state index contributed by atoms with van der Waals surface area (Å²) in [5.41, 5.74) is 1.63. The summed E-state index contributed by atoms with van der Waals surface area (Å²) in [6, 6.07) is 7.20. The first-order valence-corrected chi connectivity index (χ1v) is 7.01. The van der Waals surface area contributed by atoms with E-state index in [1.54, 1.807) is 21.9 Å². The molecule has 21 heavy (non-hydrogen) atoms. The van der Waals surface area contributed by atoms with Crippen LogP contribution in [0.2, 0.25) is 0 Å². The maximum Gasteiger partial charge on any atom is 0.324 e. The summed E-state index contributed by atoms with van der Waals surface area (Å²) in [4.78, 5) is 26.6. The average molecular weight is 292 g/mol. The van der Waals surface area contributed by atoms with E-state index in [2.05, 4.69) is 0 Å². The van der Waals surface area contributed by atoms with Crippen molar-refractivity contribution < 1.29 is 19.4 Å². The summed E-state index contributed by atoms with van der Waals surface area (Å²) < 4.78 is 4.89. The fourth-order valence-electron chi connectivity index (χ4n) is 2.31. The topological polar surface area (TPSA) is 70.1 Å². The number of hydrogen-bond acceptors (Lipinski definition) is 4. The summed E-state index contributed by atoms with van der Waals surface area (Å²) >= 11 is 0. The Hall–Kier alpha value is -2.08. The third kappa shape index (κ3) is 3.95. The zero-order valence-electron chi connectivity index (χ0n) is 12.1. The van der Waals surface area contributed by atoms with Gasteiger partial charge in [0.15, 0.2) is 0 Å². The molecule has 1 aliphatic rings. The summed E-state index contributed by atoms with van der Waals surface area (Å²) in [6.07, 6.45) is 0.869. The normalized spacial score (nSPS) is 15.2. The Labute approximate surface area is 123 Å². The highest BCUT2D eigenvalue weighted by Gasteiger charge is 2.26. The van der Waals surface area contributed by atoms with Crippen molar-refractivity contribution in [2.24, 2.45) is 0 Å². The van der Waals surface area contributed by atoms with Crippen LogP contribution in [0.15, 0.2) is 24.3 Å². The predicted molar refractivity (Wildman–Crippen MR) is 77.9 cm³/mol. The monoisotopic (exact) mass is 292 g/mol. The number of esters is 1. The lowest BCUT2D eigenvalue weighted by Gasteiger charge is -2.35. The minimum absolute atomic E-state index is 0.0112. The summed E-state index contributed by atoms with van der Waals surface area (Å²) in [7, 11) is 0. The third-order valence-corrected chi connectivity index (χ3v) is 3.41. The van der Waals surface area contributed by atoms with Gasteiger partial charge >= 0.3 is 12.0 Å². The number of hydrogen-bond donors (Lipinski definition) is 1. The summed E-state index contributed by atoms with van der Waals surface area (Å²) in [6.45, 7) is 3.31. The highest BCUT2D eigenvalue weighted by molar-refractivity contribution is 5.92. The van der Waals surface area contributed by atoms with E-state index in [4.69, 9.17) is 9.84 Å². The smallest absolute Gasteiger partial charge is 0.324 e. The molecule has 0 saturated carbocycles. The van der Waals surface area contributed by atoms with Gasteiger partial charge in [-0.25, -0.2) is 4.79 Å². The van der Waals surface area contributed by atoms with E-state index in [0.29, 0.717) is 19.6 Å². The van der Waals surface area contributed by atoms with Crippen LogP contribution in [0.3, 0.4) is 0 Å². The molecule has 1 heterocycles. The van der Waals surface area contributed by atoms with E-state index in [0.717, 1.165) is 17.7 Å². The van der Waals surface area contributed by atoms with Gasteiger partial charge in [-0.2, -0.15) is 0 Å². The predicted octanol–water partition coefficient (Wildman–Crippen LogP) is 1.37. The van der Waals surface area contributed by atoms with Gasteiger partial charge in [0.05, 0.1) is 13.2 Å². The summed E-state index contributed by atoms with van der Waals surface area (Å²) in [5.74, 6) is -0.337. The van der Waals surface area contributed by atoms with Crippen LogP contribution in [0.25, 0.3) is 0 Å². The molecule has 1 aromatic rings. The number of rotatable bonds is 5. The van der Waals surface area contributed by atoms with E-state index >= 15 is 0 Å². The molecule has 0 aliphatic carbocycles. The Balaban J connectivity index is 1.99. The second kappa shape index (κ2) is 7.08. The van der Waals surface area contributed by atoms with Crippen molar-refractivity contribution in [1.29, 1.82) is 0 Å². The van der Waals surface area contributed by atoms with Crippen molar-refractivity contribution in [2.75, 3.05) is 31.1 Å². The van der Waals surface area contributed by atoms with Crippen LogP contribution >= 0.6 is 0 Å².